The van der Waals surface area contributed by atoms with Gasteiger partial charge in [-0.15, -0.1) is 0 Å². The van der Waals surface area contributed by atoms with Crippen molar-refractivity contribution < 1.29 is 13.2 Å². The maximum Gasteiger partial charge on any atom is 0.254 e. The van der Waals surface area contributed by atoms with Gasteiger partial charge in [-0.05, 0) is 48.0 Å². The average Bonchev–Trinajstić information content (AvgIpc) is 2.76. The molecule has 1 fully saturated rings. The number of benzene rings is 2. The quantitative estimate of drug-likeness (QED) is 0.704. The van der Waals surface area contributed by atoms with Gasteiger partial charge < -0.3 is 9.80 Å². The molecule has 30 heavy (non-hydrogen) atoms. The van der Waals surface area contributed by atoms with Crippen LogP contribution in [-0.4, -0.2) is 51.7 Å². The van der Waals surface area contributed by atoms with Crippen molar-refractivity contribution in [3.8, 4) is 12.1 Å². The number of anilines is 1. The van der Waals surface area contributed by atoms with Crippen molar-refractivity contribution in [3.05, 3.63) is 65.2 Å². The van der Waals surface area contributed by atoms with E-state index in [1.165, 1.54) is 24.3 Å². The molecule has 0 saturated carbocycles. The lowest BCUT2D eigenvalue weighted by Crippen LogP contribution is -2.49. The SMILES string of the molecule is CS(=O)(=O)c1ccc(C=CC#N)c(C(=O)N2CCN(c3ccc(C#N)cc3)CC2)c1. The van der Waals surface area contributed by atoms with Crippen molar-refractivity contribution in [2.24, 2.45) is 0 Å². The van der Waals surface area contributed by atoms with Crippen LogP contribution in [0.1, 0.15) is 21.5 Å². The van der Waals surface area contributed by atoms with Gasteiger partial charge in [-0.3, -0.25) is 4.79 Å². The highest BCUT2D eigenvalue weighted by Gasteiger charge is 2.25. The number of nitriles is 2. The van der Waals surface area contributed by atoms with E-state index in [9.17, 15) is 13.2 Å². The molecule has 2 aromatic rings. The number of carbonyl (C=O) groups is 1. The summed E-state index contributed by atoms with van der Waals surface area (Å²) >= 11 is 0. The summed E-state index contributed by atoms with van der Waals surface area (Å²) in [5, 5.41) is 17.7. The van der Waals surface area contributed by atoms with Gasteiger partial charge in [-0.1, -0.05) is 6.07 Å². The predicted molar refractivity (Wildman–Crippen MR) is 113 cm³/mol. The Balaban J connectivity index is 1.80. The molecule has 152 valence electrons. The Morgan fingerprint density at radius 1 is 1.03 bits per heavy atom. The Kier molecular flexibility index (Phi) is 6.20. The van der Waals surface area contributed by atoms with Crippen LogP contribution in [0.15, 0.2) is 53.4 Å². The highest BCUT2D eigenvalue weighted by Crippen LogP contribution is 2.22. The molecule has 0 N–H and O–H groups in total. The largest absolute Gasteiger partial charge is 0.368 e. The van der Waals surface area contributed by atoms with Crippen molar-refractivity contribution in [1.29, 1.82) is 10.5 Å². The minimum absolute atomic E-state index is 0.0659. The number of hydrogen-bond donors (Lipinski definition) is 0. The Hall–Kier alpha value is -3.62. The summed E-state index contributed by atoms with van der Waals surface area (Å²) in [6.07, 6.45) is 3.86. The Morgan fingerprint density at radius 2 is 1.70 bits per heavy atom. The number of nitrogens with zero attached hydrogens (tertiary/aromatic N) is 4. The minimum Gasteiger partial charge on any atom is -0.368 e. The molecule has 2 aromatic carbocycles. The third-order valence-electron chi connectivity index (χ3n) is 4.95. The van der Waals surface area contributed by atoms with Gasteiger partial charge in [0.05, 0.1) is 22.6 Å². The number of allylic oxidation sites excluding steroid dienone is 1. The lowest BCUT2D eigenvalue weighted by Gasteiger charge is -2.36. The molecule has 8 heteroatoms. The lowest BCUT2D eigenvalue weighted by atomic mass is 10.0. The van der Waals surface area contributed by atoms with E-state index in [0.717, 1.165) is 11.9 Å². The van der Waals surface area contributed by atoms with Gasteiger partial charge in [0.15, 0.2) is 9.84 Å². The summed E-state index contributed by atoms with van der Waals surface area (Å²) in [5.74, 6) is -0.266. The minimum atomic E-state index is -3.47. The van der Waals surface area contributed by atoms with E-state index in [2.05, 4.69) is 11.0 Å². The maximum atomic E-state index is 13.1. The van der Waals surface area contributed by atoms with E-state index in [-0.39, 0.29) is 16.4 Å². The van der Waals surface area contributed by atoms with Gasteiger partial charge in [0, 0.05) is 49.8 Å². The molecule has 1 aliphatic rings. The van der Waals surface area contributed by atoms with Crippen molar-refractivity contribution >= 4 is 27.5 Å². The van der Waals surface area contributed by atoms with E-state index in [1.807, 2.05) is 18.2 Å². The molecular weight excluding hydrogens is 400 g/mol. The normalized spacial score (nSPS) is 14.4. The van der Waals surface area contributed by atoms with Crippen LogP contribution >= 0.6 is 0 Å². The summed E-state index contributed by atoms with van der Waals surface area (Å²) in [6.45, 7) is 2.19. The molecule has 0 radical (unpaired) electrons. The first-order valence-electron chi connectivity index (χ1n) is 9.28. The first kappa shape index (κ1) is 21.1. The average molecular weight is 420 g/mol. The molecule has 0 bridgehead atoms. The molecule has 0 aromatic heterocycles. The van der Waals surface area contributed by atoms with Crippen LogP contribution in [0.3, 0.4) is 0 Å². The summed E-state index contributed by atoms with van der Waals surface area (Å²) in [7, 11) is -3.47. The molecule has 0 aliphatic carbocycles. The fraction of sp³-hybridized carbons (Fsp3) is 0.227. The number of piperazine rings is 1. The number of rotatable bonds is 4. The monoisotopic (exact) mass is 420 g/mol. The smallest absolute Gasteiger partial charge is 0.254 e. The van der Waals surface area contributed by atoms with Crippen LogP contribution in [0.25, 0.3) is 6.08 Å². The molecule has 7 nitrogen and oxygen atoms in total. The summed E-state index contributed by atoms with van der Waals surface area (Å²) in [4.78, 5) is 17.0. The van der Waals surface area contributed by atoms with Crippen LogP contribution < -0.4 is 4.90 Å². The van der Waals surface area contributed by atoms with Crippen LogP contribution in [0.4, 0.5) is 5.69 Å². The van der Waals surface area contributed by atoms with E-state index in [1.54, 1.807) is 23.1 Å². The Morgan fingerprint density at radius 3 is 2.27 bits per heavy atom. The van der Waals surface area contributed by atoms with Crippen molar-refractivity contribution in [1.82, 2.24) is 4.90 Å². The Bertz CT molecular complexity index is 1160. The fourth-order valence-electron chi connectivity index (χ4n) is 3.31. The third-order valence-corrected chi connectivity index (χ3v) is 6.06. The molecule has 3 rings (SSSR count). The van der Waals surface area contributed by atoms with Crippen molar-refractivity contribution in [2.75, 3.05) is 37.3 Å². The zero-order valence-electron chi connectivity index (χ0n) is 16.4. The van der Waals surface area contributed by atoms with E-state index >= 15 is 0 Å². The molecule has 1 saturated heterocycles. The molecular formula is C22H20N4O3S. The number of amides is 1. The van der Waals surface area contributed by atoms with Gasteiger partial charge in [-0.25, -0.2) is 8.42 Å². The topological polar surface area (TPSA) is 105 Å². The van der Waals surface area contributed by atoms with Gasteiger partial charge >= 0.3 is 0 Å². The predicted octanol–water partition coefficient (Wildman–Crippen LogP) is 2.46. The van der Waals surface area contributed by atoms with E-state index in [0.29, 0.717) is 37.3 Å². The number of hydrogen-bond acceptors (Lipinski definition) is 6. The van der Waals surface area contributed by atoms with Crippen molar-refractivity contribution in [3.63, 3.8) is 0 Å². The van der Waals surface area contributed by atoms with Gasteiger partial charge in [0.25, 0.3) is 5.91 Å². The lowest BCUT2D eigenvalue weighted by molar-refractivity contribution is 0.0746. The Labute approximate surface area is 176 Å². The second-order valence-corrected chi connectivity index (χ2v) is 8.94. The number of carbonyl (C=O) groups excluding carboxylic acids is 1. The molecule has 0 spiro atoms. The third kappa shape index (κ3) is 4.68. The fourth-order valence-corrected chi connectivity index (χ4v) is 3.96. The van der Waals surface area contributed by atoms with Gasteiger partial charge in [0.1, 0.15) is 0 Å². The van der Waals surface area contributed by atoms with Crippen LogP contribution in [0, 0.1) is 22.7 Å². The van der Waals surface area contributed by atoms with Gasteiger partial charge in [-0.2, -0.15) is 10.5 Å². The summed E-state index contributed by atoms with van der Waals surface area (Å²) in [5.41, 5.74) is 2.34. The second kappa shape index (κ2) is 8.81. The first-order valence-corrected chi connectivity index (χ1v) is 11.2. The molecule has 1 heterocycles. The number of sulfone groups is 1. The van der Waals surface area contributed by atoms with Crippen LogP contribution in [0.2, 0.25) is 0 Å². The van der Waals surface area contributed by atoms with E-state index in [4.69, 9.17) is 10.5 Å². The van der Waals surface area contributed by atoms with Crippen molar-refractivity contribution in [2.45, 2.75) is 4.90 Å². The molecule has 0 atom stereocenters. The maximum absolute atomic E-state index is 13.1. The molecule has 1 amide bonds. The zero-order chi connectivity index (χ0) is 21.7. The summed E-state index contributed by atoms with van der Waals surface area (Å²) < 4.78 is 23.9. The standard InChI is InChI=1S/C22H20N4O3S/c1-30(28,29)20-9-6-18(3-2-10-23)21(15-20)22(27)26-13-11-25(12-14-26)19-7-4-17(16-24)5-8-19/h2-9,15H,11-14H2,1H3. The highest BCUT2D eigenvalue weighted by atomic mass is 32.2. The summed E-state index contributed by atoms with van der Waals surface area (Å²) in [6, 6.07) is 15.6. The molecule has 0 unspecified atom stereocenters. The van der Waals surface area contributed by atoms with Crippen LogP contribution in [0.5, 0.6) is 0 Å². The zero-order valence-corrected chi connectivity index (χ0v) is 17.3. The van der Waals surface area contributed by atoms with Gasteiger partial charge in [0.2, 0.25) is 0 Å². The van der Waals surface area contributed by atoms with E-state index < -0.39 is 9.84 Å². The molecule has 1 aliphatic heterocycles. The highest BCUT2D eigenvalue weighted by molar-refractivity contribution is 7.90. The second-order valence-electron chi connectivity index (χ2n) is 6.92. The first-order chi connectivity index (χ1) is 14.3. The van der Waals surface area contributed by atoms with Crippen LogP contribution in [-0.2, 0) is 9.84 Å².